The van der Waals surface area contributed by atoms with Crippen molar-refractivity contribution in [3.63, 3.8) is 0 Å². The highest BCUT2D eigenvalue weighted by atomic mass is 31.2. The molecule has 0 heterocycles. The summed E-state index contributed by atoms with van der Waals surface area (Å²) in [6.45, 7) is 4.11. The highest BCUT2D eigenvalue weighted by Crippen LogP contribution is 2.43. The van der Waals surface area contributed by atoms with Gasteiger partial charge in [-0.15, -0.1) is 0 Å². The molecule has 0 aromatic heterocycles. The van der Waals surface area contributed by atoms with Crippen LogP contribution in [-0.2, 0) is 32.7 Å². The van der Waals surface area contributed by atoms with Crippen molar-refractivity contribution in [2.24, 2.45) is 0 Å². The number of carbonyl (C=O) groups is 2. The summed E-state index contributed by atoms with van der Waals surface area (Å²) < 4.78 is 34.4. The van der Waals surface area contributed by atoms with Gasteiger partial charge in [0, 0.05) is 12.8 Å². The van der Waals surface area contributed by atoms with E-state index >= 15 is 0 Å². The van der Waals surface area contributed by atoms with Crippen LogP contribution in [0, 0.1) is 0 Å². The van der Waals surface area contributed by atoms with E-state index in [0.717, 1.165) is 77.0 Å². The molecule has 412 valence electrons. The minimum absolute atomic E-state index is 0.0177. The maximum absolute atomic E-state index is 12.8. The summed E-state index contributed by atoms with van der Waals surface area (Å²) in [6, 6.07) is 0. The zero-order valence-corrected chi connectivity index (χ0v) is 47.5. The molecule has 0 aliphatic rings. The number of phosphoric ester groups is 1. The highest BCUT2D eigenvalue weighted by molar-refractivity contribution is 7.47. The van der Waals surface area contributed by atoms with Gasteiger partial charge in [-0.05, 0) is 83.5 Å². The molecule has 2 unspecified atom stereocenters. The van der Waals surface area contributed by atoms with Crippen LogP contribution in [0.5, 0.6) is 0 Å². The Balaban J connectivity index is 4.04. The van der Waals surface area contributed by atoms with Crippen LogP contribution in [-0.4, -0.2) is 74.9 Å². The normalized spacial score (nSPS) is 14.1. The lowest BCUT2D eigenvalue weighted by Crippen LogP contribution is -2.37. The number of esters is 2. The molecular weight excluding hydrogens is 918 g/mol. The summed E-state index contributed by atoms with van der Waals surface area (Å²) in [5.41, 5.74) is 0. The van der Waals surface area contributed by atoms with Crippen molar-refractivity contribution in [3.05, 3.63) is 109 Å². The van der Waals surface area contributed by atoms with Crippen molar-refractivity contribution >= 4 is 19.8 Å². The molecule has 0 radical (unpaired) electrons. The van der Waals surface area contributed by atoms with E-state index in [2.05, 4.69) is 111 Å². The molecule has 72 heavy (non-hydrogen) atoms. The van der Waals surface area contributed by atoms with E-state index in [1.54, 1.807) is 0 Å². The summed E-state index contributed by atoms with van der Waals surface area (Å²) >= 11 is 0. The predicted molar refractivity (Wildman–Crippen MR) is 307 cm³/mol. The SMILES string of the molecule is CC/C=C\C/C=C\C/C=C\C/C=C\C/C=C\CCCCCCCCCCCCCCCCCCCCCC(=O)OC(COC(=O)CC/C=C\C/C=C\C/C=C\C/C=C\CC)COP(=O)(O)OCC[N+](C)(C)C. The van der Waals surface area contributed by atoms with Crippen molar-refractivity contribution in [1.29, 1.82) is 0 Å². The maximum atomic E-state index is 12.8. The van der Waals surface area contributed by atoms with Crippen LogP contribution in [0.2, 0.25) is 0 Å². The lowest BCUT2D eigenvalue weighted by Gasteiger charge is -2.24. The van der Waals surface area contributed by atoms with Crippen molar-refractivity contribution in [2.45, 2.75) is 225 Å². The van der Waals surface area contributed by atoms with Gasteiger partial charge in [0.1, 0.15) is 19.8 Å². The Morgan fingerprint density at radius 1 is 0.431 bits per heavy atom. The number of likely N-dealkylation sites (N-methyl/N-ethyl adjacent to an activating group) is 1. The second kappa shape index (κ2) is 52.5. The van der Waals surface area contributed by atoms with Crippen LogP contribution in [0.4, 0.5) is 0 Å². The van der Waals surface area contributed by atoms with Crippen LogP contribution >= 0.6 is 7.82 Å². The molecule has 0 saturated heterocycles. The third kappa shape index (κ3) is 56.0. The second-order valence-electron chi connectivity index (χ2n) is 19.9. The largest absolute Gasteiger partial charge is 0.472 e. The summed E-state index contributed by atoms with van der Waals surface area (Å²) in [4.78, 5) is 35.5. The van der Waals surface area contributed by atoms with Crippen LogP contribution < -0.4 is 0 Å². The fourth-order valence-corrected chi connectivity index (χ4v) is 8.21. The Morgan fingerprint density at radius 2 is 0.778 bits per heavy atom. The molecule has 0 amide bonds. The third-order valence-corrected chi connectivity index (χ3v) is 12.8. The molecule has 2 atom stereocenters. The first-order chi connectivity index (χ1) is 35.0. The number of quaternary nitrogens is 1. The van der Waals surface area contributed by atoms with Gasteiger partial charge in [-0.25, -0.2) is 4.57 Å². The van der Waals surface area contributed by atoms with Gasteiger partial charge < -0.3 is 18.9 Å². The van der Waals surface area contributed by atoms with Crippen molar-refractivity contribution in [3.8, 4) is 0 Å². The first kappa shape index (κ1) is 68.7. The Hall–Kier alpha value is -3.33. The number of carbonyl (C=O) groups excluding carboxylic acids is 2. The maximum Gasteiger partial charge on any atom is 0.472 e. The molecule has 0 bridgehead atoms. The molecule has 0 aromatic carbocycles. The number of unbranched alkanes of at least 4 members (excludes halogenated alkanes) is 19. The zero-order valence-electron chi connectivity index (χ0n) is 46.6. The van der Waals surface area contributed by atoms with Crippen molar-refractivity contribution < 1.29 is 42.1 Å². The van der Waals surface area contributed by atoms with Gasteiger partial charge in [-0.1, -0.05) is 232 Å². The number of phosphoric acid groups is 1. The molecule has 0 aromatic rings. The van der Waals surface area contributed by atoms with E-state index in [0.29, 0.717) is 23.9 Å². The fourth-order valence-electron chi connectivity index (χ4n) is 7.47. The first-order valence-corrected chi connectivity index (χ1v) is 30.1. The standard InChI is InChI=1S/C62H106NO8P/c1-6-8-10-12-14-16-18-20-21-22-23-24-25-26-27-28-29-30-31-32-33-34-35-36-37-38-39-40-41-43-45-47-49-51-53-55-62(65)71-60(59-70-72(66,67)69-57-56-63(3,4)5)58-68-61(64)54-52-50-48-46-44-42-19-17-15-13-11-9-7-2/h8-11,14-17,20-21,23-24,26-27,42,44,48,50,60H,6-7,12-13,18-19,22,25,28-41,43,45-47,49,51-59H2,1-5H3/p+1/b10-8-,11-9-,16-14-,17-15-,21-20-,24-23-,27-26-,44-42-,50-48-. The Kier molecular flexibility index (Phi) is 50.1. The predicted octanol–water partition coefficient (Wildman–Crippen LogP) is 17.8. The Labute approximate surface area is 442 Å². The average Bonchev–Trinajstić information content (AvgIpc) is 3.34. The molecular formula is C62H107NO8P+. The molecule has 0 aliphatic carbocycles. The summed E-state index contributed by atoms with van der Waals surface area (Å²) in [5, 5.41) is 0. The second-order valence-corrected chi connectivity index (χ2v) is 21.4. The molecule has 9 nitrogen and oxygen atoms in total. The van der Waals surface area contributed by atoms with E-state index in [1.807, 2.05) is 33.3 Å². The highest BCUT2D eigenvalue weighted by Gasteiger charge is 2.27. The zero-order chi connectivity index (χ0) is 52.7. The van der Waals surface area contributed by atoms with Gasteiger partial charge in [0.25, 0.3) is 0 Å². The monoisotopic (exact) mass is 1020 g/mol. The number of ether oxygens (including phenoxy) is 2. The summed E-state index contributed by atoms with van der Waals surface area (Å²) in [5.74, 6) is -0.894. The molecule has 0 saturated carbocycles. The van der Waals surface area contributed by atoms with Crippen LogP contribution in [0.1, 0.15) is 219 Å². The van der Waals surface area contributed by atoms with Crippen molar-refractivity contribution in [2.75, 3.05) is 47.5 Å². The van der Waals surface area contributed by atoms with Gasteiger partial charge in [0.05, 0.1) is 27.7 Å². The van der Waals surface area contributed by atoms with E-state index < -0.39 is 32.5 Å². The quantitative estimate of drug-likeness (QED) is 0.0211. The Bertz CT molecular complexity index is 1580. The number of allylic oxidation sites excluding steroid dienone is 18. The third-order valence-electron chi connectivity index (χ3n) is 11.8. The van der Waals surface area contributed by atoms with Gasteiger partial charge in [-0.3, -0.25) is 18.6 Å². The molecule has 10 heteroatoms. The summed E-state index contributed by atoms with van der Waals surface area (Å²) in [6.07, 6.45) is 73.4. The summed E-state index contributed by atoms with van der Waals surface area (Å²) in [7, 11) is 1.43. The van der Waals surface area contributed by atoms with E-state index in [9.17, 15) is 19.0 Å². The Morgan fingerprint density at radius 3 is 1.17 bits per heavy atom. The van der Waals surface area contributed by atoms with Crippen molar-refractivity contribution in [1.82, 2.24) is 0 Å². The van der Waals surface area contributed by atoms with Gasteiger partial charge in [0.15, 0.2) is 6.10 Å². The molecule has 0 aliphatic heterocycles. The topological polar surface area (TPSA) is 108 Å². The number of hydrogen-bond donors (Lipinski definition) is 1. The molecule has 0 spiro atoms. The average molecular weight is 1030 g/mol. The lowest BCUT2D eigenvalue weighted by atomic mass is 10.0. The first-order valence-electron chi connectivity index (χ1n) is 28.6. The van der Waals surface area contributed by atoms with E-state index in [4.69, 9.17) is 18.5 Å². The van der Waals surface area contributed by atoms with Gasteiger partial charge in [0.2, 0.25) is 0 Å². The number of rotatable bonds is 51. The smallest absolute Gasteiger partial charge is 0.462 e. The fraction of sp³-hybridized carbons (Fsp3) is 0.677. The molecule has 0 fully saturated rings. The lowest BCUT2D eigenvalue weighted by molar-refractivity contribution is -0.870. The minimum Gasteiger partial charge on any atom is -0.462 e. The van der Waals surface area contributed by atoms with Crippen LogP contribution in [0.25, 0.3) is 0 Å². The number of hydrogen-bond acceptors (Lipinski definition) is 7. The van der Waals surface area contributed by atoms with Crippen LogP contribution in [0.15, 0.2) is 109 Å². The van der Waals surface area contributed by atoms with E-state index in [-0.39, 0.29) is 26.1 Å². The van der Waals surface area contributed by atoms with Crippen LogP contribution in [0.3, 0.4) is 0 Å². The van der Waals surface area contributed by atoms with Gasteiger partial charge in [-0.2, -0.15) is 0 Å². The number of nitrogens with zero attached hydrogens (tertiary/aromatic N) is 1. The van der Waals surface area contributed by atoms with Gasteiger partial charge >= 0.3 is 19.8 Å². The van der Waals surface area contributed by atoms with E-state index in [1.165, 1.54) is 103 Å². The minimum atomic E-state index is -4.40. The molecule has 1 N–H and O–H groups in total. The molecule has 0 rings (SSSR count).